The molecule has 0 aliphatic heterocycles. The van der Waals surface area contributed by atoms with E-state index in [-0.39, 0.29) is 0 Å². The maximum atomic E-state index is 6.41. The van der Waals surface area contributed by atoms with E-state index >= 15 is 0 Å². The lowest BCUT2D eigenvalue weighted by atomic mass is 9.91. The molecule has 0 spiro atoms. The van der Waals surface area contributed by atoms with Crippen molar-refractivity contribution < 1.29 is 11.4 Å². The third-order valence-electron chi connectivity index (χ3n) is 17.8. The summed E-state index contributed by atoms with van der Waals surface area (Å²) in [7, 11) is 0. The van der Waals surface area contributed by atoms with Crippen molar-refractivity contribution in [2.24, 2.45) is 0 Å². The van der Waals surface area contributed by atoms with Gasteiger partial charge in [0, 0.05) is 112 Å². The van der Waals surface area contributed by atoms with Crippen LogP contribution in [-0.4, -0.2) is 55.0 Å². The number of hydrogen-bond donors (Lipinski definition) is 0. The Labute approximate surface area is 594 Å². The summed E-state index contributed by atoms with van der Waals surface area (Å²) in [6.07, 6.45) is 20.2. The molecule has 0 unspecified atom stereocenters. The number of hydrogen-bond acceptors (Lipinski definition) is 11. The monoisotopic (exact) mass is 1330 g/mol. The van der Waals surface area contributed by atoms with E-state index in [1.165, 1.54) is 22.3 Å². The van der Waals surface area contributed by atoms with E-state index in [9.17, 15) is 0 Å². The number of pyridine rings is 8. The van der Waals surface area contributed by atoms with E-state index in [0.717, 1.165) is 121 Å². The Morgan fingerprint density at radius 3 is 0.804 bits per heavy atom. The van der Waals surface area contributed by atoms with Crippen LogP contribution in [0.4, 0.5) is 0 Å². The van der Waals surface area contributed by atoms with Gasteiger partial charge in [-0.25, -0.2) is 0 Å². The Kier molecular flexibility index (Phi) is 18.5. The SMILES string of the molecule is c1ccc(-c2ccnc3c2ccc2c(-c4ccccc4)ccnc23)cc1.c1cnc2c([O][Al]([O]c3cccc4cccnc34)[O]c3cccc4cccnc34)cccc2c1.c1cncc(-c2cccc(-c3cc(-c4cccc(-c5cccnc5)c4)cc(-c4cccc(-c5cccnc5)c4)c3)c2)c1. The smallest absolute Gasteiger partial charge is 0.576 e. The number of benzene rings is 10. The highest BCUT2D eigenvalue weighted by atomic mass is 27.3. The van der Waals surface area contributed by atoms with Crippen LogP contribution in [-0.2, 0) is 0 Å². The lowest BCUT2D eigenvalue weighted by Crippen LogP contribution is -2.37. The predicted molar refractivity (Wildman–Crippen MR) is 413 cm³/mol. The molecule has 0 N–H and O–H groups in total. The lowest BCUT2D eigenvalue weighted by molar-refractivity contribution is 0.311. The minimum atomic E-state index is -2.86. The van der Waals surface area contributed by atoms with Crippen LogP contribution < -0.4 is 11.4 Å². The fraction of sp³-hybridized carbons (Fsp3) is 0. The van der Waals surface area contributed by atoms with Gasteiger partial charge in [-0.2, -0.15) is 0 Å². The highest BCUT2D eigenvalue weighted by Crippen LogP contribution is 2.39. The normalized spacial score (nSPS) is 10.9. The van der Waals surface area contributed by atoms with E-state index < -0.39 is 15.1 Å². The molecule has 0 aliphatic carbocycles. The summed E-state index contributed by atoms with van der Waals surface area (Å²) in [4.78, 5) is 35.9. The Morgan fingerprint density at radius 2 is 0.471 bits per heavy atom. The van der Waals surface area contributed by atoms with Crippen molar-refractivity contribution in [2.75, 3.05) is 0 Å². The number of para-hydroxylation sites is 3. The van der Waals surface area contributed by atoms with Gasteiger partial charge in [0.15, 0.2) is 0 Å². The average molecular weight is 1330 g/mol. The lowest BCUT2D eigenvalue weighted by Gasteiger charge is -2.18. The molecule has 482 valence electrons. The van der Waals surface area contributed by atoms with Crippen molar-refractivity contribution in [1.29, 1.82) is 0 Å². The van der Waals surface area contributed by atoms with E-state index in [1.54, 1.807) is 18.6 Å². The number of nitrogens with zero attached hydrogens (tertiary/aromatic N) is 8. The molecule has 0 radical (unpaired) electrons. The first-order valence-electron chi connectivity index (χ1n) is 33.5. The van der Waals surface area contributed by atoms with Crippen LogP contribution >= 0.6 is 0 Å². The Balaban J connectivity index is 0.000000122. The second kappa shape index (κ2) is 29.8. The van der Waals surface area contributed by atoms with Gasteiger partial charge in [0.2, 0.25) is 0 Å². The van der Waals surface area contributed by atoms with Crippen LogP contribution in [0.1, 0.15) is 0 Å². The van der Waals surface area contributed by atoms with Crippen LogP contribution in [0.25, 0.3) is 144 Å². The fourth-order valence-corrected chi connectivity index (χ4v) is 14.2. The standard InChI is InChI=1S/C39H27N3.C24H16N2.3C9H7NO.Al/c1-7-28(34-13-4-16-40-25-34)19-31(10-1)37-22-38(32-11-2-8-29(20-32)35-14-5-17-41-26-35)24-39(23-37)33-12-3-9-30(21-33)36-15-6-18-42-27-36;1-3-7-17(8-4-1)19-13-15-25-23-21(19)11-12-22-20(14-16-26-24(22)23)18-9-5-2-6-10-18;3*11-8-5-1-3-7-4-2-6-10-9(7)8;/h1-27H;1-16H;3*1-6,11H;/q;;;;;+3/p-3. The summed E-state index contributed by atoms with van der Waals surface area (Å²) in [5.41, 5.74) is 22.6. The largest absolute Gasteiger partial charge is 1.20 e. The molecule has 8 aromatic heterocycles. The number of aromatic nitrogens is 8. The fourth-order valence-electron chi connectivity index (χ4n) is 12.8. The van der Waals surface area contributed by atoms with Gasteiger partial charge >= 0.3 is 15.1 Å². The molecule has 0 saturated heterocycles. The van der Waals surface area contributed by atoms with Crippen LogP contribution in [0.15, 0.2) is 371 Å². The van der Waals surface area contributed by atoms with Crippen LogP contribution in [0.2, 0.25) is 0 Å². The third kappa shape index (κ3) is 14.1. The van der Waals surface area contributed by atoms with E-state index in [0.29, 0.717) is 17.2 Å². The highest BCUT2D eigenvalue weighted by Gasteiger charge is 2.46. The maximum absolute atomic E-state index is 6.41. The van der Waals surface area contributed by atoms with Gasteiger partial charge in [-0.15, -0.1) is 0 Å². The van der Waals surface area contributed by atoms with E-state index in [1.807, 2.05) is 171 Å². The zero-order valence-electron chi connectivity index (χ0n) is 55.1. The third-order valence-corrected chi connectivity index (χ3v) is 19.1. The molecule has 0 aliphatic rings. The van der Waals surface area contributed by atoms with Gasteiger partial charge in [0.05, 0.1) is 11.0 Å². The van der Waals surface area contributed by atoms with Crippen molar-refractivity contribution in [3.05, 3.63) is 371 Å². The molecule has 11 nitrogen and oxygen atoms in total. The van der Waals surface area contributed by atoms with Crippen LogP contribution in [0.3, 0.4) is 0 Å². The molecule has 102 heavy (non-hydrogen) atoms. The van der Waals surface area contributed by atoms with Gasteiger partial charge in [0.25, 0.3) is 0 Å². The van der Waals surface area contributed by atoms with Crippen molar-refractivity contribution >= 4 is 69.7 Å². The second-order valence-electron chi connectivity index (χ2n) is 24.2. The van der Waals surface area contributed by atoms with Gasteiger partial charge < -0.3 is 11.4 Å². The molecule has 0 fully saturated rings. The second-order valence-corrected chi connectivity index (χ2v) is 25.5. The Morgan fingerprint density at radius 1 is 0.196 bits per heavy atom. The summed E-state index contributed by atoms with van der Waals surface area (Å²) in [6, 6.07) is 104. The number of rotatable bonds is 14. The van der Waals surface area contributed by atoms with Gasteiger partial charge in [-0.05, 0) is 175 Å². The zero-order chi connectivity index (χ0) is 68.2. The number of fused-ring (bicyclic) bond motifs is 6. The molecular weight excluding hydrogens is 1270 g/mol. The minimum Gasteiger partial charge on any atom is -0.576 e. The molecule has 0 atom stereocenters. The van der Waals surface area contributed by atoms with Crippen molar-refractivity contribution in [1.82, 2.24) is 39.9 Å². The van der Waals surface area contributed by atoms with Crippen molar-refractivity contribution in [3.8, 4) is 106 Å². The minimum absolute atomic E-state index is 0.608. The van der Waals surface area contributed by atoms with Crippen LogP contribution in [0, 0.1) is 0 Å². The van der Waals surface area contributed by atoms with E-state index in [2.05, 4.69) is 222 Å². The summed E-state index contributed by atoms with van der Waals surface area (Å²) in [6.45, 7) is 0. The van der Waals surface area contributed by atoms with Gasteiger partial charge in [0.1, 0.15) is 33.8 Å². The first kappa shape index (κ1) is 63.4. The summed E-state index contributed by atoms with van der Waals surface area (Å²) in [5, 5.41) is 5.19. The first-order valence-corrected chi connectivity index (χ1v) is 34.9. The quantitative estimate of drug-likeness (QED) is 0.0762. The molecule has 8 heterocycles. The summed E-state index contributed by atoms with van der Waals surface area (Å²) < 4.78 is 19.2. The molecule has 12 heteroatoms. The summed E-state index contributed by atoms with van der Waals surface area (Å²) in [5.74, 6) is 1.82. The van der Waals surface area contributed by atoms with Gasteiger partial charge in [-0.3, -0.25) is 39.9 Å². The first-order chi connectivity index (χ1) is 50.6. The van der Waals surface area contributed by atoms with E-state index in [4.69, 9.17) is 11.4 Å². The van der Waals surface area contributed by atoms with Crippen molar-refractivity contribution in [3.63, 3.8) is 0 Å². The molecule has 10 aromatic carbocycles. The molecule has 0 bridgehead atoms. The molecular formula is C90H61AlN8O3. The molecule has 18 aromatic rings. The average Bonchev–Trinajstić information content (AvgIpc) is 0.761. The van der Waals surface area contributed by atoms with Gasteiger partial charge in [-0.1, -0.05) is 200 Å². The Bertz CT molecular complexity index is 5410. The molecule has 0 saturated carbocycles. The maximum Gasteiger partial charge on any atom is 1.20 e. The highest BCUT2D eigenvalue weighted by molar-refractivity contribution is 6.40. The summed E-state index contributed by atoms with van der Waals surface area (Å²) >= 11 is -2.86. The van der Waals surface area contributed by atoms with Crippen LogP contribution in [0.5, 0.6) is 17.2 Å². The van der Waals surface area contributed by atoms with Crippen molar-refractivity contribution in [2.45, 2.75) is 0 Å². The topological polar surface area (TPSA) is 131 Å². The predicted octanol–water partition coefficient (Wildman–Crippen LogP) is 21.8. The zero-order valence-corrected chi connectivity index (χ0v) is 56.3. The Hall–Kier alpha value is -13.4. The molecule has 18 rings (SSSR count). The molecule has 0 amide bonds.